The molecule has 0 aliphatic carbocycles. The summed E-state index contributed by atoms with van der Waals surface area (Å²) in [6.45, 7) is 2.18. The van der Waals surface area contributed by atoms with Gasteiger partial charge in [-0.15, -0.1) is 0 Å². The van der Waals surface area contributed by atoms with Crippen molar-refractivity contribution in [1.82, 2.24) is 9.78 Å². The minimum absolute atomic E-state index is 0.0304. The molecule has 0 amide bonds. The van der Waals surface area contributed by atoms with Crippen LogP contribution in [-0.4, -0.2) is 28.0 Å². The number of hydrogen-bond donors (Lipinski definition) is 1. The number of nitrogens with zero attached hydrogens (tertiary/aromatic N) is 2. The molecule has 94 valence electrons. The molecule has 0 fully saturated rings. The normalized spacial score (nSPS) is 10.3. The van der Waals surface area contributed by atoms with Crippen molar-refractivity contribution in [2.45, 2.75) is 13.5 Å². The van der Waals surface area contributed by atoms with Crippen molar-refractivity contribution in [2.75, 3.05) is 7.11 Å². The fourth-order valence-electron chi connectivity index (χ4n) is 1.86. The van der Waals surface area contributed by atoms with Crippen LogP contribution in [0, 0.1) is 6.92 Å². The smallest absolute Gasteiger partial charge is 0.356 e. The maximum absolute atomic E-state index is 11.0. The largest absolute Gasteiger partial charge is 0.481 e. The van der Waals surface area contributed by atoms with Crippen molar-refractivity contribution < 1.29 is 14.6 Å². The van der Waals surface area contributed by atoms with Crippen molar-refractivity contribution in [3.63, 3.8) is 0 Å². The topological polar surface area (TPSA) is 64.3 Å². The van der Waals surface area contributed by atoms with Crippen LogP contribution < -0.4 is 4.74 Å². The highest BCUT2D eigenvalue weighted by Gasteiger charge is 2.19. The monoisotopic (exact) mass is 246 g/mol. The lowest BCUT2D eigenvalue weighted by atomic mass is 10.2. The van der Waals surface area contributed by atoms with E-state index in [2.05, 4.69) is 5.10 Å². The molecule has 2 aromatic rings. The van der Waals surface area contributed by atoms with Gasteiger partial charge in [0.2, 0.25) is 5.88 Å². The lowest BCUT2D eigenvalue weighted by Crippen LogP contribution is -2.05. The SMILES string of the molecule is COc1c(C)c(C(=O)O)nn1Cc1ccccc1. The predicted molar refractivity (Wildman–Crippen MR) is 66.0 cm³/mol. The zero-order valence-electron chi connectivity index (χ0n) is 10.3. The Hall–Kier alpha value is -2.30. The Bertz CT molecular complexity index is 561. The average Bonchev–Trinajstić information content (AvgIpc) is 2.67. The molecule has 0 saturated heterocycles. The Morgan fingerprint density at radius 1 is 1.39 bits per heavy atom. The molecule has 1 aromatic heterocycles. The molecule has 18 heavy (non-hydrogen) atoms. The molecular formula is C13H14N2O3. The number of benzene rings is 1. The van der Waals surface area contributed by atoms with Gasteiger partial charge in [-0.25, -0.2) is 9.48 Å². The Labute approximate surface area is 105 Å². The van der Waals surface area contributed by atoms with Gasteiger partial charge in [0.15, 0.2) is 5.69 Å². The van der Waals surface area contributed by atoms with Gasteiger partial charge in [-0.2, -0.15) is 5.10 Å². The van der Waals surface area contributed by atoms with Crippen LogP contribution in [0.25, 0.3) is 0 Å². The van der Waals surface area contributed by atoms with E-state index in [0.717, 1.165) is 5.56 Å². The van der Waals surface area contributed by atoms with Crippen molar-refractivity contribution in [3.8, 4) is 5.88 Å². The lowest BCUT2D eigenvalue weighted by molar-refractivity contribution is 0.0688. The first-order valence-electron chi connectivity index (χ1n) is 5.52. The van der Waals surface area contributed by atoms with Crippen molar-refractivity contribution in [2.24, 2.45) is 0 Å². The Balaban J connectivity index is 2.39. The Kier molecular flexibility index (Phi) is 3.32. The molecule has 5 nitrogen and oxygen atoms in total. The third kappa shape index (κ3) is 2.20. The molecule has 0 saturated carbocycles. The van der Waals surface area contributed by atoms with Gasteiger partial charge in [-0.3, -0.25) is 0 Å². The van der Waals surface area contributed by atoms with Gasteiger partial charge in [0.1, 0.15) is 0 Å². The van der Waals surface area contributed by atoms with Crippen molar-refractivity contribution >= 4 is 5.97 Å². The molecule has 0 aliphatic rings. The van der Waals surface area contributed by atoms with Crippen LogP contribution in [-0.2, 0) is 6.54 Å². The van der Waals surface area contributed by atoms with Crippen LogP contribution >= 0.6 is 0 Å². The molecular weight excluding hydrogens is 232 g/mol. The molecule has 2 rings (SSSR count). The Morgan fingerprint density at radius 2 is 2.06 bits per heavy atom. The molecule has 5 heteroatoms. The zero-order chi connectivity index (χ0) is 13.1. The standard InChI is InChI=1S/C13H14N2O3/c1-9-11(13(16)17)14-15(12(9)18-2)8-10-6-4-3-5-7-10/h3-7H,8H2,1-2H3,(H,16,17). The number of ether oxygens (including phenoxy) is 1. The summed E-state index contributed by atoms with van der Waals surface area (Å²) in [5, 5.41) is 13.1. The van der Waals surface area contributed by atoms with Gasteiger partial charge in [0.05, 0.1) is 13.7 Å². The van der Waals surface area contributed by atoms with Crippen LogP contribution in [0.1, 0.15) is 21.6 Å². The van der Waals surface area contributed by atoms with Crippen LogP contribution in [0.15, 0.2) is 30.3 Å². The average molecular weight is 246 g/mol. The first kappa shape index (κ1) is 12.2. The highest BCUT2D eigenvalue weighted by molar-refractivity contribution is 5.87. The second-order valence-corrected chi connectivity index (χ2v) is 3.93. The van der Waals surface area contributed by atoms with E-state index in [1.165, 1.54) is 7.11 Å². The molecule has 1 heterocycles. The molecule has 0 spiro atoms. The highest BCUT2D eigenvalue weighted by atomic mass is 16.5. The van der Waals surface area contributed by atoms with Gasteiger partial charge in [-0.1, -0.05) is 30.3 Å². The van der Waals surface area contributed by atoms with Crippen LogP contribution in [0.2, 0.25) is 0 Å². The number of methoxy groups -OCH3 is 1. The maximum Gasteiger partial charge on any atom is 0.356 e. The van der Waals surface area contributed by atoms with Crippen LogP contribution in [0.3, 0.4) is 0 Å². The number of carboxylic acids is 1. The third-order valence-electron chi connectivity index (χ3n) is 2.70. The molecule has 1 aromatic carbocycles. The van der Waals surface area contributed by atoms with Crippen molar-refractivity contribution in [3.05, 3.63) is 47.2 Å². The summed E-state index contributed by atoms with van der Waals surface area (Å²) in [6, 6.07) is 9.69. The van der Waals surface area contributed by atoms with E-state index in [1.54, 1.807) is 11.6 Å². The first-order valence-corrected chi connectivity index (χ1v) is 5.52. The van der Waals surface area contributed by atoms with Gasteiger partial charge in [0, 0.05) is 5.56 Å². The van der Waals surface area contributed by atoms with E-state index < -0.39 is 5.97 Å². The van der Waals surface area contributed by atoms with Crippen molar-refractivity contribution in [1.29, 1.82) is 0 Å². The van der Waals surface area contributed by atoms with E-state index in [4.69, 9.17) is 9.84 Å². The summed E-state index contributed by atoms with van der Waals surface area (Å²) < 4.78 is 6.78. The number of aromatic carboxylic acids is 1. The number of aromatic nitrogens is 2. The minimum atomic E-state index is -1.04. The third-order valence-corrected chi connectivity index (χ3v) is 2.70. The second kappa shape index (κ2) is 4.91. The van der Waals surface area contributed by atoms with Crippen LogP contribution in [0.4, 0.5) is 0 Å². The number of carbonyl (C=O) groups is 1. The fraction of sp³-hybridized carbons (Fsp3) is 0.231. The van der Waals surface area contributed by atoms with E-state index >= 15 is 0 Å². The van der Waals surface area contributed by atoms with Crippen LogP contribution in [0.5, 0.6) is 5.88 Å². The first-order chi connectivity index (χ1) is 8.63. The summed E-state index contributed by atoms with van der Waals surface area (Å²) in [5.74, 6) is -0.561. The fourth-order valence-corrected chi connectivity index (χ4v) is 1.86. The number of hydrogen-bond acceptors (Lipinski definition) is 3. The molecule has 0 atom stereocenters. The second-order valence-electron chi connectivity index (χ2n) is 3.93. The summed E-state index contributed by atoms with van der Waals surface area (Å²) >= 11 is 0. The van der Waals surface area contributed by atoms with E-state index in [0.29, 0.717) is 18.0 Å². The summed E-state index contributed by atoms with van der Waals surface area (Å²) in [5.41, 5.74) is 1.61. The van der Waals surface area contributed by atoms with Gasteiger partial charge < -0.3 is 9.84 Å². The Morgan fingerprint density at radius 3 is 2.61 bits per heavy atom. The summed E-state index contributed by atoms with van der Waals surface area (Å²) in [7, 11) is 1.51. The molecule has 0 radical (unpaired) electrons. The molecule has 1 N–H and O–H groups in total. The molecule has 0 aliphatic heterocycles. The minimum Gasteiger partial charge on any atom is -0.481 e. The quantitative estimate of drug-likeness (QED) is 0.895. The molecule has 0 unspecified atom stereocenters. The van der Waals surface area contributed by atoms with Gasteiger partial charge in [-0.05, 0) is 12.5 Å². The van der Waals surface area contributed by atoms with E-state index in [9.17, 15) is 4.79 Å². The van der Waals surface area contributed by atoms with Gasteiger partial charge in [0.25, 0.3) is 0 Å². The zero-order valence-corrected chi connectivity index (χ0v) is 10.3. The van der Waals surface area contributed by atoms with E-state index in [-0.39, 0.29) is 5.69 Å². The lowest BCUT2D eigenvalue weighted by Gasteiger charge is -2.06. The predicted octanol–water partition coefficient (Wildman–Crippen LogP) is 1.95. The van der Waals surface area contributed by atoms with E-state index in [1.807, 2.05) is 30.3 Å². The maximum atomic E-state index is 11.0. The number of carboxylic acid groups (broad SMARTS) is 1. The number of rotatable bonds is 4. The molecule has 0 bridgehead atoms. The summed E-state index contributed by atoms with van der Waals surface area (Å²) in [4.78, 5) is 11.0. The summed E-state index contributed by atoms with van der Waals surface area (Å²) in [6.07, 6.45) is 0. The van der Waals surface area contributed by atoms with Gasteiger partial charge >= 0.3 is 5.97 Å². The highest BCUT2D eigenvalue weighted by Crippen LogP contribution is 2.22.